The average Bonchev–Trinajstić information content (AvgIpc) is 2.99. The molecule has 0 atom stereocenters. The van der Waals surface area contributed by atoms with Gasteiger partial charge in [-0.3, -0.25) is 15.1 Å². The smallest absolute Gasteiger partial charge is 0.430 e. The first-order valence-corrected chi connectivity index (χ1v) is 14.6. The quantitative estimate of drug-likeness (QED) is 0.148. The van der Waals surface area contributed by atoms with Crippen LogP contribution in [0.25, 0.3) is 0 Å². The highest BCUT2D eigenvalue weighted by Crippen LogP contribution is 2.23. The van der Waals surface area contributed by atoms with E-state index in [-0.39, 0.29) is 53.8 Å². The first-order chi connectivity index (χ1) is 21.9. The second kappa shape index (κ2) is 15.6. The minimum atomic E-state index is -4.91. The van der Waals surface area contributed by atoms with E-state index in [1.165, 1.54) is 29.2 Å². The highest BCUT2D eigenvalue weighted by Gasteiger charge is 2.32. The summed E-state index contributed by atoms with van der Waals surface area (Å²) in [5, 5.41) is 5.38. The Bertz CT molecular complexity index is 1620. The number of nitrogens with zero attached hydrogens (tertiary/aromatic N) is 3. The van der Waals surface area contributed by atoms with E-state index in [4.69, 9.17) is 33.7 Å². The topological polar surface area (TPSA) is 121 Å². The van der Waals surface area contributed by atoms with Crippen LogP contribution in [-0.4, -0.2) is 54.0 Å². The van der Waals surface area contributed by atoms with E-state index < -0.39 is 47.5 Å². The number of amides is 2. The van der Waals surface area contributed by atoms with Crippen molar-refractivity contribution in [1.29, 1.82) is 0 Å². The third-order valence-electron chi connectivity index (χ3n) is 6.52. The second-order valence-electron chi connectivity index (χ2n) is 10.1. The van der Waals surface area contributed by atoms with Crippen molar-refractivity contribution in [2.75, 3.05) is 18.4 Å². The van der Waals surface area contributed by atoms with Crippen molar-refractivity contribution in [3.8, 4) is 0 Å². The molecule has 0 spiro atoms. The highest BCUT2D eigenvalue weighted by molar-refractivity contribution is 6.31. The zero-order valence-corrected chi connectivity index (χ0v) is 25.5. The van der Waals surface area contributed by atoms with Crippen LogP contribution in [-0.2, 0) is 11.3 Å². The number of benzene rings is 3. The maximum atomic E-state index is 14.1. The number of carbonyl (C=O) groups excluding carboxylic acids is 2. The molecule has 1 aliphatic rings. The zero-order chi connectivity index (χ0) is 33.3. The number of guanidine groups is 1. The van der Waals surface area contributed by atoms with E-state index in [9.17, 15) is 27.2 Å². The molecule has 15 heteroatoms. The number of anilines is 1. The third-order valence-corrected chi connectivity index (χ3v) is 6.98. The van der Waals surface area contributed by atoms with E-state index in [1.807, 2.05) is 30.3 Å². The SMILES string of the molecule is NC(=CC(=NC1CCN(C(=O)OCc2ccccc2)CC1)N=C(NC(=O)c1cccc(Cl)c1)Nc1cc(F)cc(Cl)c1)C(F)(F)F. The monoisotopic (exact) mass is 678 g/mol. The lowest BCUT2D eigenvalue weighted by Crippen LogP contribution is -2.40. The Kier molecular flexibility index (Phi) is 11.6. The van der Waals surface area contributed by atoms with Crippen LogP contribution in [0.4, 0.5) is 28.0 Å². The number of likely N-dealkylation sites (tertiary alicyclic amines) is 1. The van der Waals surface area contributed by atoms with Crippen LogP contribution in [0.15, 0.2) is 94.6 Å². The summed E-state index contributed by atoms with van der Waals surface area (Å²) >= 11 is 12.0. The summed E-state index contributed by atoms with van der Waals surface area (Å²) < 4.78 is 59.8. The number of hydrogen-bond donors (Lipinski definition) is 3. The van der Waals surface area contributed by atoms with Gasteiger partial charge in [0, 0.05) is 40.5 Å². The molecule has 0 aliphatic carbocycles. The van der Waals surface area contributed by atoms with Crippen molar-refractivity contribution in [2.45, 2.75) is 31.7 Å². The van der Waals surface area contributed by atoms with Crippen molar-refractivity contribution in [3.63, 3.8) is 0 Å². The van der Waals surface area contributed by atoms with Gasteiger partial charge in [0.25, 0.3) is 5.91 Å². The number of piperidine rings is 1. The summed E-state index contributed by atoms with van der Waals surface area (Å²) in [6.45, 7) is 0.524. The number of allylic oxidation sites excluding steroid dienone is 1. The van der Waals surface area contributed by atoms with Crippen LogP contribution in [0.3, 0.4) is 0 Å². The lowest BCUT2D eigenvalue weighted by Gasteiger charge is -2.29. The molecule has 242 valence electrons. The first-order valence-electron chi connectivity index (χ1n) is 13.8. The van der Waals surface area contributed by atoms with Crippen LogP contribution in [0, 0.1) is 5.82 Å². The molecule has 4 rings (SSSR count). The lowest BCUT2D eigenvalue weighted by molar-refractivity contribution is -0.0925. The molecule has 4 N–H and O–H groups in total. The molecular formula is C31H28Cl2F4N6O3. The Hall–Kier alpha value is -4.62. The van der Waals surface area contributed by atoms with Crippen LogP contribution in [0.1, 0.15) is 28.8 Å². The van der Waals surface area contributed by atoms with Crippen molar-refractivity contribution < 1.29 is 31.9 Å². The number of halogens is 6. The van der Waals surface area contributed by atoms with Crippen LogP contribution >= 0.6 is 23.2 Å². The second-order valence-corrected chi connectivity index (χ2v) is 10.9. The first kappa shape index (κ1) is 34.3. The fourth-order valence-electron chi connectivity index (χ4n) is 4.27. The number of amidine groups is 1. The fourth-order valence-corrected chi connectivity index (χ4v) is 4.68. The Labute approximate surface area is 271 Å². The normalized spacial score (nSPS) is 15.0. The molecule has 9 nitrogen and oxygen atoms in total. The van der Waals surface area contributed by atoms with Gasteiger partial charge in [-0.25, -0.2) is 9.18 Å². The molecule has 1 aliphatic heterocycles. The number of rotatable bonds is 6. The number of nitrogens with one attached hydrogen (secondary N) is 2. The van der Waals surface area contributed by atoms with Crippen LogP contribution < -0.4 is 16.4 Å². The van der Waals surface area contributed by atoms with Gasteiger partial charge in [0.05, 0.1) is 6.04 Å². The van der Waals surface area contributed by atoms with Gasteiger partial charge in [-0.15, -0.1) is 0 Å². The number of aliphatic imine (C=N–C) groups is 2. The summed E-state index contributed by atoms with van der Waals surface area (Å²) in [6.07, 6.45) is -4.37. The van der Waals surface area contributed by atoms with E-state index in [0.717, 1.165) is 17.7 Å². The molecule has 2 amide bonds. The van der Waals surface area contributed by atoms with Crippen molar-refractivity contribution in [1.82, 2.24) is 10.2 Å². The van der Waals surface area contributed by atoms with Gasteiger partial charge in [-0.05, 0) is 54.8 Å². The summed E-state index contributed by atoms with van der Waals surface area (Å²) in [7, 11) is 0. The molecular weight excluding hydrogens is 651 g/mol. The maximum absolute atomic E-state index is 14.1. The number of ether oxygens (including phenoxy) is 1. The Balaban J connectivity index is 1.59. The maximum Gasteiger partial charge on any atom is 0.430 e. The molecule has 1 fully saturated rings. The van der Waals surface area contributed by atoms with Gasteiger partial charge in [0.1, 0.15) is 18.1 Å². The number of hydrogen-bond acceptors (Lipinski definition) is 5. The van der Waals surface area contributed by atoms with Gasteiger partial charge in [-0.2, -0.15) is 18.2 Å². The number of nitrogens with two attached hydrogens (primary N) is 1. The van der Waals surface area contributed by atoms with Gasteiger partial charge >= 0.3 is 12.3 Å². The molecule has 0 aromatic heterocycles. The van der Waals surface area contributed by atoms with Gasteiger partial charge in [-0.1, -0.05) is 59.6 Å². The average molecular weight is 680 g/mol. The highest BCUT2D eigenvalue weighted by atomic mass is 35.5. The Morgan fingerprint density at radius 2 is 1.72 bits per heavy atom. The Morgan fingerprint density at radius 1 is 1.00 bits per heavy atom. The standard InChI is InChI=1S/C31H28Cl2F4N6O3/c32-21-8-4-7-20(13-21)28(44)42-29(40-25-15-22(33)14-23(34)16-25)41-27(17-26(38)31(35,36)37)39-24-9-11-43(12-10-24)30(45)46-18-19-5-2-1-3-6-19/h1-8,13-17,24H,9-12,18,38H2,(H2,39,40,41,42,44). The molecule has 46 heavy (non-hydrogen) atoms. The van der Waals surface area contributed by atoms with E-state index in [1.54, 1.807) is 6.07 Å². The predicted molar refractivity (Wildman–Crippen MR) is 168 cm³/mol. The van der Waals surface area contributed by atoms with E-state index >= 15 is 0 Å². The van der Waals surface area contributed by atoms with E-state index in [0.29, 0.717) is 6.08 Å². The molecule has 0 bridgehead atoms. The molecule has 1 heterocycles. The molecule has 0 radical (unpaired) electrons. The van der Waals surface area contributed by atoms with Crippen molar-refractivity contribution in [3.05, 3.63) is 112 Å². The van der Waals surface area contributed by atoms with Crippen molar-refractivity contribution in [2.24, 2.45) is 15.7 Å². The molecule has 3 aromatic carbocycles. The summed E-state index contributed by atoms with van der Waals surface area (Å²) in [5.41, 5.74) is 4.77. The van der Waals surface area contributed by atoms with Gasteiger partial charge < -0.3 is 20.7 Å². The minimum Gasteiger partial charge on any atom is -0.445 e. The van der Waals surface area contributed by atoms with Crippen LogP contribution in [0.5, 0.6) is 0 Å². The fraction of sp³-hybridized carbons (Fsp3) is 0.226. The molecule has 0 unspecified atom stereocenters. The predicted octanol–water partition coefficient (Wildman–Crippen LogP) is 6.94. The third kappa shape index (κ3) is 10.5. The van der Waals surface area contributed by atoms with Crippen LogP contribution in [0.2, 0.25) is 10.0 Å². The summed E-state index contributed by atoms with van der Waals surface area (Å²) in [5.74, 6) is -2.35. The van der Waals surface area contributed by atoms with Gasteiger partial charge in [0.2, 0.25) is 5.96 Å². The number of alkyl halides is 3. The summed E-state index contributed by atoms with van der Waals surface area (Å²) in [4.78, 5) is 35.6. The van der Waals surface area contributed by atoms with Crippen molar-refractivity contribution >= 4 is 52.7 Å². The summed E-state index contributed by atoms with van der Waals surface area (Å²) in [6, 6.07) is 17.8. The zero-order valence-electron chi connectivity index (χ0n) is 24.0. The van der Waals surface area contributed by atoms with Gasteiger partial charge in [0.15, 0.2) is 5.84 Å². The lowest BCUT2D eigenvalue weighted by atomic mass is 10.1. The Morgan fingerprint density at radius 3 is 2.37 bits per heavy atom. The molecule has 1 saturated heterocycles. The largest absolute Gasteiger partial charge is 0.445 e. The van der Waals surface area contributed by atoms with E-state index in [2.05, 4.69) is 20.6 Å². The minimum absolute atomic E-state index is 0.00664. The number of carbonyl (C=O) groups is 2. The molecule has 0 saturated carbocycles. The molecule has 3 aromatic rings.